The second-order valence-electron chi connectivity index (χ2n) is 5.05. The van der Waals surface area contributed by atoms with Crippen LogP contribution in [0.25, 0.3) is 0 Å². The molecule has 17 heavy (non-hydrogen) atoms. The van der Waals surface area contributed by atoms with E-state index in [1.54, 1.807) is 11.3 Å². The van der Waals surface area contributed by atoms with Gasteiger partial charge in [-0.05, 0) is 32.2 Å². The summed E-state index contributed by atoms with van der Waals surface area (Å²) in [4.78, 5) is 4.46. The van der Waals surface area contributed by atoms with E-state index in [9.17, 15) is 0 Å². The van der Waals surface area contributed by atoms with Gasteiger partial charge in [0.15, 0.2) is 0 Å². The number of hydrogen-bond acceptors (Lipinski definition) is 4. The summed E-state index contributed by atoms with van der Waals surface area (Å²) in [6.45, 7) is 4.15. The summed E-state index contributed by atoms with van der Waals surface area (Å²) in [7, 11) is 0. The molecular formula is C13H23N3S. The predicted molar refractivity (Wildman–Crippen MR) is 73.4 cm³/mol. The number of nitrogens with one attached hydrogen (secondary N) is 1. The van der Waals surface area contributed by atoms with E-state index in [-0.39, 0.29) is 0 Å². The third-order valence-electron chi connectivity index (χ3n) is 3.56. The fourth-order valence-electron chi connectivity index (χ4n) is 2.49. The van der Waals surface area contributed by atoms with Gasteiger partial charge in [-0.25, -0.2) is 4.98 Å². The molecule has 0 aromatic carbocycles. The van der Waals surface area contributed by atoms with Crippen molar-refractivity contribution in [1.82, 2.24) is 10.3 Å². The van der Waals surface area contributed by atoms with E-state index in [1.807, 2.05) is 0 Å². The molecule has 0 spiro atoms. The molecule has 1 aliphatic rings. The number of aryl methyl sites for hydroxylation is 1. The number of nitrogens with zero attached hydrogens (tertiary/aromatic N) is 1. The van der Waals surface area contributed by atoms with Gasteiger partial charge in [-0.1, -0.05) is 12.8 Å². The van der Waals surface area contributed by atoms with Gasteiger partial charge in [0.05, 0.1) is 5.01 Å². The molecule has 2 atom stereocenters. The minimum Gasteiger partial charge on any atom is -0.327 e. The molecule has 1 aromatic rings. The minimum absolute atomic E-state index is 0.415. The first-order valence-corrected chi connectivity index (χ1v) is 7.51. The maximum absolute atomic E-state index is 6.13. The van der Waals surface area contributed by atoms with Crippen molar-refractivity contribution in [3.8, 4) is 0 Å². The van der Waals surface area contributed by atoms with Crippen LogP contribution in [0.1, 0.15) is 36.4 Å². The number of nitrogens with two attached hydrogens (primary N) is 1. The molecule has 96 valence electrons. The van der Waals surface area contributed by atoms with E-state index in [4.69, 9.17) is 5.73 Å². The van der Waals surface area contributed by atoms with E-state index in [1.165, 1.54) is 30.7 Å². The molecular weight excluding hydrogens is 230 g/mol. The lowest BCUT2D eigenvalue weighted by Crippen LogP contribution is -2.39. The Hall–Kier alpha value is -0.450. The number of aromatic nitrogens is 1. The maximum atomic E-state index is 6.13. The van der Waals surface area contributed by atoms with Crippen LogP contribution in [0.15, 0.2) is 5.38 Å². The van der Waals surface area contributed by atoms with E-state index in [0.717, 1.165) is 25.2 Å². The first-order valence-electron chi connectivity index (χ1n) is 6.63. The molecule has 2 rings (SSSR count). The second-order valence-corrected chi connectivity index (χ2v) is 5.99. The van der Waals surface area contributed by atoms with Crippen LogP contribution < -0.4 is 11.1 Å². The zero-order valence-corrected chi connectivity index (χ0v) is 11.4. The van der Waals surface area contributed by atoms with Gasteiger partial charge < -0.3 is 11.1 Å². The SMILES string of the molecule is Cc1csc(CCNCC2CCCCC2N)n1. The Kier molecular flexibility index (Phi) is 4.95. The highest BCUT2D eigenvalue weighted by atomic mass is 32.1. The van der Waals surface area contributed by atoms with Crippen LogP contribution in [0.4, 0.5) is 0 Å². The van der Waals surface area contributed by atoms with E-state index in [0.29, 0.717) is 12.0 Å². The largest absolute Gasteiger partial charge is 0.327 e. The molecule has 0 radical (unpaired) electrons. The molecule has 1 heterocycles. The van der Waals surface area contributed by atoms with E-state index in [2.05, 4.69) is 22.6 Å². The lowest BCUT2D eigenvalue weighted by atomic mass is 9.85. The van der Waals surface area contributed by atoms with Crippen LogP contribution in [0.3, 0.4) is 0 Å². The van der Waals surface area contributed by atoms with Gasteiger partial charge in [0.25, 0.3) is 0 Å². The van der Waals surface area contributed by atoms with Crippen LogP contribution in [0.2, 0.25) is 0 Å². The summed E-state index contributed by atoms with van der Waals surface area (Å²) in [6.07, 6.45) is 6.21. The smallest absolute Gasteiger partial charge is 0.0940 e. The number of thiazole rings is 1. The molecule has 4 heteroatoms. The van der Waals surface area contributed by atoms with E-state index < -0.39 is 0 Å². The summed E-state index contributed by atoms with van der Waals surface area (Å²) in [5.41, 5.74) is 7.26. The summed E-state index contributed by atoms with van der Waals surface area (Å²) in [5.74, 6) is 0.682. The fourth-order valence-corrected chi connectivity index (χ4v) is 3.27. The molecule has 0 saturated heterocycles. The number of hydrogen-bond donors (Lipinski definition) is 2. The summed E-state index contributed by atoms with van der Waals surface area (Å²) >= 11 is 1.76. The van der Waals surface area contributed by atoms with Crippen molar-refractivity contribution in [2.45, 2.75) is 45.1 Å². The van der Waals surface area contributed by atoms with Crippen molar-refractivity contribution >= 4 is 11.3 Å². The highest BCUT2D eigenvalue weighted by Crippen LogP contribution is 2.22. The molecule has 2 unspecified atom stereocenters. The van der Waals surface area contributed by atoms with Crippen LogP contribution in [-0.4, -0.2) is 24.1 Å². The minimum atomic E-state index is 0.415. The Balaban J connectivity index is 1.62. The molecule has 1 fully saturated rings. The van der Waals surface area contributed by atoms with Gasteiger partial charge in [0.2, 0.25) is 0 Å². The molecule has 0 aliphatic heterocycles. The van der Waals surface area contributed by atoms with Gasteiger partial charge >= 0.3 is 0 Å². The highest BCUT2D eigenvalue weighted by molar-refractivity contribution is 7.09. The Bertz CT molecular complexity index is 337. The standard InChI is InChI=1S/C13H23N3S/c1-10-9-17-13(16-10)6-7-15-8-11-4-2-3-5-12(11)14/h9,11-12,15H,2-8,14H2,1H3. The molecule has 0 bridgehead atoms. The van der Waals surface area contributed by atoms with Crippen molar-refractivity contribution in [2.24, 2.45) is 11.7 Å². The molecule has 1 saturated carbocycles. The van der Waals surface area contributed by atoms with Crippen molar-refractivity contribution in [3.63, 3.8) is 0 Å². The van der Waals surface area contributed by atoms with Crippen LogP contribution in [-0.2, 0) is 6.42 Å². The van der Waals surface area contributed by atoms with Crippen LogP contribution in [0, 0.1) is 12.8 Å². The Morgan fingerprint density at radius 2 is 2.29 bits per heavy atom. The van der Waals surface area contributed by atoms with Crippen LogP contribution in [0.5, 0.6) is 0 Å². The Morgan fingerprint density at radius 1 is 1.47 bits per heavy atom. The zero-order chi connectivity index (χ0) is 12.1. The number of rotatable bonds is 5. The Labute approximate surface area is 108 Å². The fraction of sp³-hybridized carbons (Fsp3) is 0.769. The average Bonchev–Trinajstić information content (AvgIpc) is 2.73. The van der Waals surface area contributed by atoms with Gasteiger partial charge in [-0.15, -0.1) is 11.3 Å². The monoisotopic (exact) mass is 253 g/mol. The molecule has 0 amide bonds. The quantitative estimate of drug-likeness (QED) is 0.790. The first kappa shape index (κ1) is 13.0. The highest BCUT2D eigenvalue weighted by Gasteiger charge is 2.20. The van der Waals surface area contributed by atoms with Gasteiger partial charge in [0, 0.05) is 30.1 Å². The average molecular weight is 253 g/mol. The normalized spacial score (nSPS) is 25.1. The lowest BCUT2D eigenvalue weighted by molar-refractivity contribution is 0.297. The summed E-state index contributed by atoms with van der Waals surface area (Å²) < 4.78 is 0. The Morgan fingerprint density at radius 3 is 3.00 bits per heavy atom. The van der Waals surface area contributed by atoms with Crippen LogP contribution >= 0.6 is 11.3 Å². The first-order chi connectivity index (χ1) is 8.25. The third kappa shape index (κ3) is 4.05. The van der Waals surface area contributed by atoms with Gasteiger partial charge in [-0.3, -0.25) is 0 Å². The van der Waals surface area contributed by atoms with Crippen molar-refractivity contribution in [3.05, 3.63) is 16.1 Å². The molecule has 1 aliphatic carbocycles. The van der Waals surface area contributed by atoms with Crippen molar-refractivity contribution < 1.29 is 0 Å². The third-order valence-corrected chi connectivity index (χ3v) is 4.58. The lowest BCUT2D eigenvalue weighted by Gasteiger charge is -2.28. The molecule has 1 aromatic heterocycles. The predicted octanol–water partition coefficient (Wildman–Crippen LogP) is 2.10. The van der Waals surface area contributed by atoms with Gasteiger partial charge in [-0.2, -0.15) is 0 Å². The van der Waals surface area contributed by atoms with Crippen molar-refractivity contribution in [1.29, 1.82) is 0 Å². The zero-order valence-electron chi connectivity index (χ0n) is 10.6. The van der Waals surface area contributed by atoms with Gasteiger partial charge in [0.1, 0.15) is 0 Å². The second kappa shape index (κ2) is 6.47. The van der Waals surface area contributed by atoms with Crippen molar-refractivity contribution in [2.75, 3.05) is 13.1 Å². The summed E-state index contributed by atoms with van der Waals surface area (Å²) in [6, 6.07) is 0.415. The molecule has 3 N–H and O–H groups in total. The van der Waals surface area contributed by atoms with E-state index >= 15 is 0 Å². The summed E-state index contributed by atoms with van der Waals surface area (Å²) in [5, 5.41) is 6.89. The maximum Gasteiger partial charge on any atom is 0.0940 e. The topological polar surface area (TPSA) is 50.9 Å². The molecule has 3 nitrogen and oxygen atoms in total.